The van der Waals surface area contributed by atoms with E-state index in [1.807, 2.05) is 18.2 Å². The molecule has 0 aliphatic carbocycles. The average molecular weight is 479 g/mol. The Morgan fingerprint density at radius 1 is 0.686 bits per heavy atom. The number of non-ortho nitro benzene ring substituents is 2. The molecule has 0 bridgehead atoms. The number of carboxylic acids is 2. The zero-order valence-corrected chi connectivity index (χ0v) is 17.7. The highest BCUT2D eigenvalue weighted by molar-refractivity contribution is 5.88. The highest BCUT2D eigenvalue weighted by atomic mass is 16.6. The number of phenols is 1. The molecule has 12 heteroatoms. The minimum absolute atomic E-state index is 0.0422. The third-order valence-corrected chi connectivity index (χ3v) is 4.26. The van der Waals surface area contributed by atoms with Gasteiger partial charge in [-0.25, -0.2) is 9.59 Å². The van der Waals surface area contributed by atoms with E-state index in [0.29, 0.717) is 5.52 Å². The molecular weight excluding hydrogens is 462 g/mol. The number of fused-ring (bicyclic) bond motifs is 1. The largest absolute Gasteiger partial charge is 0.506 e. The average Bonchev–Trinajstić information content (AvgIpc) is 2.85. The van der Waals surface area contributed by atoms with Crippen molar-refractivity contribution >= 4 is 34.2 Å². The molecule has 0 spiro atoms. The number of aromatic nitrogens is 1. The topological polar surface area (TPSA) is 194 Å². The maximum Gasteiger partial charge on any atom is 0.335 e. The van der Waals surface area contributed by atoms with E-state index in [4.69, 9.17) is 10.2 Å². The van der Waals surface area contributed by atoms with E-state index in [2.05, 4.69) is 4.98 Å². The number of carbonyl (C=O) groups is 2. The van der Waals surface area contributed by atoms with Gasteiger partial charge in [-0.1, -0.05) is 18.2 Å². The maximum atomic E-state index is 10.3. The van der Waals surface area contributed by atoms with Gasteiger partial charge < -0.3 is 15.3 Å². The van der Waals surface area contributed by atoms with E-state index in [-0.39, 0.29) is 28.3 Å². The van der Waals surface area contributed by atoms with Crippen LogP contribution < -0.4 is 0 Å². The molecule has 4 aromatic rings. The van der Waals surface area contributed by atoms with Gasteiger partial charge in [0.05, 0.1) is 21.0 Å². The number of aromatic carboxylic acids is 2. The smallest absolute Gasteiger partial charge is 0.335 e. The van der Waals surface area contributed by atoms with Gasteiger partial charge in [-0.2, -0.15) is 0 Å². The first-order valence-corrected chi connectivity index (χ1v) is 9.58. The van der Waals surface area contributed by atoms with E-state index in [0.717, 1.165) is 29.7 Å². The number of para-hydroxylation sites is 1. The molecule has 3 N–H and O–H groups in total. The van der Waals surface area contributed by atoms with Gasteiger partial charge in [0.15, 0.2) is 0 Å². The van der Waals surface area contributed by atoms with Crippen LogP contribution in [0.1, 0.15) is 20.7 Å². The predicted octanol–water partition coefficient (Wildman–Crippen LogP) is 4.53. The summed E-state index contributed by atoms with van der Waals surface area (Å²) in [5, 5.41) is 47.4. The molecule has 0 unspecified atom stereocenters. The van der Waals surface area contributed by atoms with Crippen LogP contribution in [0.5, 0.6) is 5.75 Å². The number of carboxylic acid groups (broad SMARTS) is 2. The van der Waals surface area contributed by atoms with Crippen LogP contribution in [0.25, 0.3) is 10.9 Å². The number of hydrogen-bond acceptors (Lipinski definition) is 8. The Bertz CT molecular complexity index is 1220. The first-order chi connectivity index (χ1) is 16.6. The van der Waals surface area contributed by atoms with Crippen molar-refractivity contribution in [3.05, 3.63) is 116 Å². The molecule has 4 rings (SSSR count). The van der Waals surface area contributed by atoms with Crippen molar-refractivity contribution in [1.82, 2.24) is 4.98 Å². The van der Waals surface area contributed by atoms with Crippen molar-refractivity contribution in [3.8, 4) is 5.75 Å². The summed E-state index contributed by atoms with van der Waals surface area (Å²) in [5.74, 6) is -1.95. The third kappa shape index (κ3) is 7.61. The summed E-state index contributed by atoms with van der Waals surface area (Å²) >= 11 is 0. The summed E-state index contributed by atoms with van der Waals surface area (Å²) in [5.41, 5.74) is 0.524. The van der Waals surface area contributed by atoms with Crippen molar-refractivity contribution in [1.29, 1.82) is 0 Å². The molecule has 35 heavy (non-hydrogen) atoms. The van der Waals surface area contributed by atoms with E-state index >= 15 is 0 Å². The molecule has 0 saturated carbocycles. The normalized spacial score (nSPS) is 9.60. The van der Waals surface area contributed by atoms with Crippen LogP contribution in [0.2, 0.25) is 0 Å². The zero-order chi connectivity index (χ0) is 26.0. The van der Waals surface area contributed by atoms with Crippen molar-refractivity contribution < 1.29 is 34.8 Å². The first-order valence-electron chi connectivity index (χ1n) is 9.58. The lowest BCUT2D eigenvalue weighted by Crippen LogP contribution is -1.96. The molecule has 0 amide bonds. The lowest BCUT2D eigenvalue weighted by molar-refractivity contribution is -0.385. The Morgan fingerprint density at radius 3 is 1.49 bits per heavy atom. The highest BCUT2D eigenvalue weighted by Gasteiger charge is 2.07. The monoisotopic (exact) mass is 479 g/mol. The van der Waals surface area contributed by atoms with Crippen molar-refractivity contribution in [3.63, 3.8) is 0 Å². The summed E-state index contributed by atoms with van der Waals surface area (Å²) in [6, 6.07) is 18.5. The van der Waals surface area contributed by atoms with Gasteiger partial charge in [-0.05, 0) is 36.4 Å². The number of nitrogens with zero attached hydrogens (tertiary/aromatic N) is 3. The second kappa shape index (κ2) is 12.0. The van der Waals surface area contributed by atoms with Crippen LogP contribution in [-0.2, 0) is 0 Å². The number of phenolic OH excluding ortho intramolecular Hbond substituents is 1. The molecular formula is C23H17N3O9. The van der Waals surface area contributed by atoms with Crippen LogP contribution in [0.3, 0.4) is 0 Å². The third-order valence-electron chi connectivity index (χ3n) is 4.26. The van der Waals surface area contributed by atoms with Crippen LogP contribution >= 0.6 is 0 Å². The molecule has 0 atom stereocenters. The van der Waals surface area contributed by atoms with Gasteiger partial charge in [-0.3, -0.25) is 25.2 Å². The van der Waals surface area contributed by atoms with Crippen LogP contribution in [0.4, 0.5) is 11.4 Å². The summed E-state index contributed by atoms with van der Waals surface area (Å²) < 4.78 is 0. The fourth-order valence-corrected chi connectivity index (χ4v) is 2.54. The minimum Gasteiger partial charge on any atom is -0.506 e. The molecule has 0 aliphatic rings. The summed E-state index contributed by atoms with van der Waals surface area (Å²) in [6.07, 6.45) is 1.67. The highest BCUT2D eigenvalue weighted by Crippen LogP contribution is 2.20. The molecule has 1 aromatic heterocycles. The summed E-state index contributed by atoms with van der Waals surface area (Å²) in [7, 11) is 0. The fourth-order valence-electron chi connectivity index (χ4n) is 2.54. The molecule has 0 saturated heterocycles. The lowest BCUT2D eigenvalue weighted by Gasteiger charge is -1.96. The molecule has 1 heterocycles. The standard InChI is InChI=1S/C9H7NO.2C7H5NO4/c11-8-5-1-3-7-4-2-6-10-9(7)8;2*9-7(10)5-1-3-6(4-2-5)8(11)12/h1-6,11H;2*1-4H,(H,9,10). The number of hydrogen-bond donors (Lipinski definition) is 3. The fraction of sp³-hybridized carbons (Fsp3) is 0. The molecule has 12 nitrogen and oxygen atoms in total. The molecule has 0 radical (unpaired) electrons. The zero-order valence-electron chi connectivity index (χ0n) is 17.7. The van der Waals surface area contributed by atoms with E-state index < -0.39 is 21.8 Å². The predicted molar refractivity (Wildman–Crippen MR) is 124 cm³/mol. The van der Waals surface area contributed by atoms with Crippen molar-refractivity contribution in [2.75, 3.05) is 0 Å². The number of nitro groups is 2. The molecule has 0 aliphatic heterocycles. The quantitative estimate of drug-likeness (QED) is 0.276. The molecule has 0 fully saturated rings. The van der Waals surface area contributed by atoms with Gasteiger partial charge in [-0.15, -0.1) is 0 Å². The summed E-state index contributed by atoms with van der Waals surface area (Å²) in [6.45, 7) is 0. The second-order valence-corrected chi connectivity index (χ2v) is 6.57. The van der Waals surface area contributed by atoms with E-state index in [1.165, 1.54) is 24.3 Å². The summed E-state index contributed by atoms with van der Waals surface area (Å²) in [4.78, 5) is 43.8. The Morgan fingerprint density at radius 2 is 1.11 bits per heavy atom. The number of pyridine rings is 1. The first kappa shape index (κ1) is 25.9. The number of benzene rings is 3. The van der Waals surface area contributed by atoms with E-state index in [1.54, 1.807) is 18.3 Å². The van der Waals surface area contributed by atoms with Gasteiger partial charge in [0, 0.05) is 35.8 Å². The lowest BCUT2D eigenvalue weighted by atomic mass is 10.2. The Labute approximate surface area is 196 Å². The van der Waals surface area contributed by atoms with Gasteiger partial charge in [0.25, 0.3) is 11.4 Å². The van der Waals surface area contributed by atoms with E-state index in [9.17, 15) is 34.9 Å². The number of rotatable bonds is 4. The van der Waals surface area contributed by atoms with Crippen LogP contribution in [-0.4, -0.2) is 42.1 Å². The number of aromatic hydroxyl groups is 1. The number of nitro benzene ring substituents is 2. The van der Waals surface area contributed by atoms with Crippen LogP contribution in [0.15, 0.2) is 85.1 Å². The minimum atomic E-state index is -1.09. The van der Waals surface area contributed by atoms with Crippen molar-refractivity contribution in [2.45, 2.75) is 0 Å². The molecule has 178 valence electrons. The SMILES string of the molecule is O=C(O)c1ccc([N+](=O)[O-])cc1.O=C(O)c1ccc([N+](=O)[O-])cc1.Oc1cccc2cccnc12. The molecule has 3 aromatic carbocycles. The van der Waals surface area contributed by atoms with Gasteiger partial charge in [0.2, 0.25) is 0 Å². The Balaban J connectivity index is 0.000000185. The Hall–Kier alpha value is -5.39. The van der Waals surface area contributed by atoms with Crippen molar-refractivity contribution in [2.24, 2.45) is 0 Å². The van der Waals surface area contributed by atoms with Gasteiger partial charge >= 0.3 is 11.9 Å². The van der Waals surface area contributed by atoms with Crippen LogP contribution in [0, 0.1) is 20.2 Å². The Kier molecular flexibility index (Phi) is 8.88. The second-order valence-electron chi connectivity index (χ2n) is 6.57. The maximum absolute atomic E-state index is 10.3. The van der Waals surface area contributed by atoms with Gasteiger partial charge in [0.1, 0.15) is 11.3 Å².